The predicted octanol–water partition coefficient (Wildman–Crippen LogP) is 8.18. The van der Waals surface area contributed by atoms with E-state index in [2.05, 4.69) is 24.3 Å². The van der Waals surface area contributed by atoms with Crippen LogP contribution in [-0.4, -0.2) is 13.0 Å². The van der Waals surface area contributed by atoms with E-state index in [0.29, 0.717) is 39.4 Å². The normalized spacial score (nSPS) is 21.0. The minimum atomic E-state index is -2.28. The van der Waals surface area contributed by atoms with Gasteiger partial charge in [-0.3, -0.25) is 9.69 Å². The molecule has 7 rings (SSSR count). The number of nitrogens with zero attached hydrogens (tertiary/aromatic N) is 5. The number of methoxy groups -OCH3 is 1. The molecule has 0 unspecified atom stereocenters. The van der Waals surface area contributed by atoms with E-state index in [1.165, 1.54) is 0 Å². The van der Waals surface area contributed by atoms with E-state index in [1.807, 2.05) is 97.1 Å². The average Bonchev–Trinajstić information content (AvgIpc) is 3.21. The number of anilines is 1. The number of amides is 1. The molecule has 0 bridgehead atoms. The first-order chi connectivity index (χ1) is 25.0. The van der Waals surface area contributed by atoms with E-state index in [0.717, 1.165) is 0 Å². The molecule has 0 N–H and O–H groups in total. The van der Waals surface area contributed by atoms with E-state index in [4.69, 9.17) is 4.74 Å². The summed E-state index contributed by atoms with van der Waals surface area (Å²) in [6, 6.07) is 53.2. The van der Waals surface area contributed by atoms with Crippen molar-refractivity contribution in [2.45, 2.75) is 17.3 Å². The Balaban J connectivity index is 1.71. The molecular formula is C44H31N5O2. The van der Waals surface area contributed by atoms with Gasteiger partial charge in [-0.2, -0.15) is 21.0 Å². The highest BCUT2D eigenvalue weighted by atomic mass is 16.5. The van der Waals surface area contributed by atoms with Crippen molar-refractivity contribution in [2.24, 2.45) is 16.7 Å². The number of ether oxygens (including phenoxy) is 1. The van der Waals surface area contributed by atoms with Gasteiger partial charge in [0.05, 0.1) is 31.4 Å². The van der Waals surface area contributed by atoms with Crippen LogP contribution < -0.4 is 9.64 Å². The molecule has 0 aromatic heterocycles. The van der Waals surface area contributed by atoms with Gasteiger partial charge in [0.15, 0.2) is 10.8 Å². The molecule has 5 aromatic carbocycles. The van der Waals surface area contributed by atoms with Gasteiger partial charge in [-0.05, 0) is 46.5 Å². The smallest absolute Gasteiger partial charge is 0.247 e. The zero-order chi connectivity index (χ0) is 35.6. The quantitative estimate of drug-likeness (QED) is 0.181. The van der Waals surface area contributed by atoms with Crippen molar-refractivity contribution in [3.05, 3.63) is 180 Å². The van der Waals surface area contributed by atoms with Gasteiger partial charge in [-0.15, -0.1) is 0 Å². The number of piperidine rings is 1. The second-order valence-electron chi connectivity index (χ2n) is 12.8. The van der Waals surface area contributed by atoms with E-state index in [9.17, 15) is 21.0 Å². The molecule has 5 aromatic rings. The van der Waals surface area contributed by atoms with Crippen LogP contribution in [0.25, 0.3) is 0 Å². The Morgan fingerprint density at radius 2 is 1.02 bits per heavy atom. The number of carbonyl (C=O) groups excluding carboxylic acids is 1. The lowest BCUT2D eigenvalue weighted by molar-refractivity contribution is -0.126. The van der Waals surface area contributed by atoms with Crippen molar-refractivity contribution in [3.63, 3.8) is 0 Å². The van der Waals surface area contributed by atoms with Crippen molar-refractivity contribution >= 4 is 11.6 Å². The number of allylic oxidation sites excluding steroid dienone is 2. The fourth-order valence-corrected chi connectivity index (χ4v) is 8.39. The van der Waals surface area contributed by atoms with Gasteiger partial charge >= 0.3 is 0 Å². The average molecular weight is 662 g/mol. The molecule has 7 heteroatoms. The van der Waals surface area contributed by atoms with Gasteiger partial charge < -0.3 is 4.74 Å². The summed E-state index contributed by atoms with van der Waals surface area (Å²) in [6.07, 6.45) is 1.78. The molecule has 1 aliphatic heterocycles. The summed E-state index contributed by atoms with van der Waals surface area (Å²) in [7, 11) is 1.56. The van der Waals surface area contributed by atoms with Crippen molar-refractivity contribution in [1.29, 1.82) is 21.0 Å². The van der Waals surface area contributed by atoms with Gasteiger partial charge in [0, 0.05) is 29.1 Å². The number of fused-ring (bicyclic) bond motifs is 1. The fraction of sp³-hybridized carbons (Fsp3) is 0.159. The van der Waals surface area contributed by atoms with Crippen LogP contribution >= 0.6 is 0 Å². The summed E-state index contributed by atoms with van der Waals surface area (Å²) < 4.78 is 5.47. The summed E-state index contributed by atoms with van der Waals surface area (Å²) >= 11 is 0. The first-order valence-corrected chi connectivity index (χ1v) is 16.5. The zero-order valence-electron chi connectivity index (χ0n) is 27.7. The minimum Gasteiger partial charge on any atom is -0.497 e. The van der Waals surface area contributed by atoms with Gasteiger partial charge in [-0.1, -0.05) is 127 Å². The first-order valence-electron chi connectivity index (χ1n) is 16.5. The summed E-state index contributed by atoms with van der Waals surface area (Å²) in [5.74, 6) is -2.84. The standard InChI is InChI=1S/C44H31N5O2/c1-51-36-24-22-35(23-25-36)49-38-26-37(31-14-6-2-7-15-31)42(27-45,28-46)43(29-47,30-48)40(38)39(32-16-8-3-9-17-32)44(41(49)50,33-18-10-4-11-19-33)34-20-12-5-13-21-34/h2-26,37,39-40H,1H3/t37-,39-,40+/m1/s1. The molecule has 1 fully saturated rings. The number of rotatable bonds is 6. The van der Waals surface area contributed by atoms with Gasteiger partial charge in [0.2, 0.25) is 5.91 Å². The third kappa shape index (κ3) is 4.57. The van der Waals surface area contributed by atoms with E-state index >= 15 is 4.79 Å². The Morgan fingerprint density at radius 3 is 1.47 bits per heavy atom. The molecule has 1 heterocycles. The second-order valence-corrected chi connectivity index (χ2v) is 12.8. The Bertz CT molecular complexity index is 2210. The summed E-state index contributed by atoms with van der Waals surface area (Å²) in [5, 5.41) is 45.3. The van der Waals surface area contributed by atoms with Crippen LogP contribution in [0.3, 0.4) is 0 Å². The monoisotopic (exact) mass is 661 g/mol. The molecule has 51 heavy (non-hydrogen) atoms. The Morgan fingerprint density at radius 1 is 0.569 bits per heavy atom. The highest BCUT2D eigenvalue weighted by molar-refractivity contribution is 6.08. The maximum absolute atomic E-state index is 16.1. The maximum atomic E-state index is 16.1. The second kappa shape index (κ2) is 12.8. The molecule has 0 saturated carbocycles. The first kappa shape index (κ1) is 32.6. The molecule has 244 valence electrons. The third-order valence-corrected chi connectivity index (χ3v) is 10.6. The van der Waals surface area contributed by atoms with E-state index in [1.54, 1.807) is 66.6 Å². The third-order valence-electron chi connectivity index (χ3n) is 10.6. The number of nitriles is 4. The maximum Gasteiger partial charge on any atom is 0.247 e. The lowest BCUT2D eigenvalue weighted by atomic mass is 9.42. The van der Waals surface area contributed by atoms with Crippen LogP contribution in [0.15, 0.2) is 157 Å². The van der Waals surface area contributed by atoms with Gasteiger partial charge in [-0.25, -0.2) is 0 Å². The summed E-state index contributed by atoms with van der Waals surface area (Å²) in [4.78, 5) is 17.7. The Labute approximate surface area is 297 Å². The largest absolute Gasteiger partial charge is 0.497 e. The summed E-state index contributed by atoms with van der Waals surface area (Å²) in [5.41, 5.74) is -2.60. The van der Waals surface area contributed by atoms with Crippen molar-refractivity contribution in [3.8, 4) is 30.0 Å². The SMILES string of the molecule is COc1ccc(N2C(=O)C(c3ccccc3)(c3ccccc3)[C@H](c3ccccc3)[C@@H]3C2=C[C@H](c2ccccc2)C(C#N)(C#N)C3(C#N)C#N)cc1. The molecule has 0 spiro atoms. The number of hydrogen-bond donors (Lipinski definition) is 0. The van der Waals surface area contributed by atoms with Crippen LogP contribution in [-0.2, 0) is 10.2 Å². The van der Waals surface area contributed by atoms with E-state index in [-0.39, 0.29) is 5.91 Å². The van der Waals surface area contributed by atoms with Gasteiger partial charge in [0.25, 0.3) is 0 Å². The molecule has 1 aliphatic carbocycles. The van der Waals surface area contributed by atoms with Crippen LogP contribution in [0.5, 0.6) is 5.75 Å². The van der Waals surface area contributed by atoms with Crippen LogP contribution in [0.1, 0.15) is 34.1 Å². The number of carbonyl (C=O) groups is 1. The molecular weight excluding hydrogens is 631 g/mol. The molecule has 0 radical (unpaired) electrons. The highest BCUT2D eigenvalue weighted by Gasteiger charge is 2.73. The lowest BCUT2D eigenvalue weighted by Gasteiger charge is -2.59. The molecule has 1 amide bonds. The van der Waals surface area contributed by atoms with Gasteiger partial charge in [0.1, 0.15) is 11.2 Å². The van der Waals surface area contributed by atoms with E-state index < -0.39 is 34.0 Å². The molecule has 7 nitrogen and oxygen atoms in total. The Hall–Kier alpha value is -6.93. The molecule has 3 atom stereocenters. The van der Waals surface area contributed by atoms with Crippen molar-refractivity contribution in [2.75, 3.05) is 12.0 Å². The minimum absolute atomic E-state index is 0.306. The predicted molar refractivity (Wildman–Crippen MR) is 191 cm³/mol. The highest BCUT2D eigenvalue weighted by Crippen LogP contribution is 2.68. The zero-order valence-corrected chi connectivity index (χ0v) is 27.7. The van der Waals surface area contributed by atoms with Crippen molar-refractivity contribution < 1.29 is 9.53 Å². The molecule has 1 saturated heterocycles. The lowest BCUT2D eigenvalue weighted by Crippen LogP contribution is -2.65. The molecule has 2 aliphatic rings. The van der Waals surface area contributed by atoms with Crippen molar-refractivity contribution in [1.82, 2.24) is 0 Å². The number of hydrogen-bond acceptors (Lipinski definition) is 6. The topological polar surface area (TPSA) is 125 Å². The summed E-state index contributed by atoms with van der Waals surface area (Å²) in [6.45, 7) is 0. The fourth-order valence-electron chi connectivity index (χ4n) is 8.39. The van der Waals surface area contributed by atoms with Crippen LogP contribution in [0.2, 0.25) is 0 Å². The van der Waals surface area contributed by atoms with Crippen LogP contribution in [0.4, 0.5) is 5.69 Å². The van der Waals surface area contributed by atoms with Crippen LogP contribution in [0, 0.1) is 62.1 Å². The number of benzene rings is 5. The Kier molecular flexibility index (Phi) is 8.21.